The van der Waals surface area contributed by atoms with Crippen LogP contribution in [0, 0.1) is 5.92 Å². The number of nitrogens with two attached hydrogens (primary N) is 4. The highest BCUT2D eigenvalue weighted by Crippen LogP contribution is 2.29. The van der Waals surface area contributed by atoms with Crippen molar-refractivity contribution in [1.29, 1.82) is 0 Å². The highest BCUT2D eigenvalue weighted by molar-refractivity contribution is 8.00. The number of Topliss-reactive ketones (excluding diaryl/α,β-unsaturated/α-hetero) is 1. The van der Waals surface area contributed by atoms with E-state index in [9.17, 15) is 77.6 Å². The normalized spacial score (nSPS) is 25.4. The Morgan fingerprint density at radius 3 is 1.41 bits per heavy atom. The predicted octanol–water partition coefficient (Wildman–Crippen LogP) is -2.59. The van der Waals surface area contributed by atoms with Crippen LogP contribution < -0.4 is 70.8 Å². The molecule has 5 aromatic rings. The Morgan fingerprint density at radius 2 is 0.922 bits per heavy atom. The maximum absolute atomic E-state index is 15.7. The summed E-state index contributed by atoms with van der Waals surface area (Å²) in [4.78, 5) is 272. The van der Waals surface area contributed by atoms with Gasteiger partial charge in [-0.3, -0.25) is 86.3 Å². The third kappa shape index (κ3) is 26.3. The van der Waals surface area contributed by atoms with Crippen LogP contribution in [0.25, 0.3) is 21.8 Å². The van der Waals surface area contributed by atoms with E-state index in [1.54, 1.807) is 60.9 Å². The zero-order valence-corrected chi connectivity index (χ0v) is 72.9. The number of likely N-dealkylation sites (N-methyl/N-ethyl adjacent to an activating group) is 2. The fourth-order valence-corrected chi connectivity index (χ4v) is 17.5. The second kappa shape index (κ2) is 47.3. The minimum atomic E-state index is -1.93. The lowest BCUT2D eigenvalue weighted by atomic mass is 9.91. The summed E-state index contributed by atoms with van der Waals surface area (Å²) in [6, 6.07) is -0.329. The summed E-state index contributed by atoms with van der Waals surface area (Å²) >= 11 is 0.763. The van der Waals surface area contributed by atoms with Crippen molar-refractivity contribution in [3.05, 3.63) is 102 Å². The molecule has 4 aliphatic rings. The summed E-state index contributed by atoms with van der Waals surface area (Å²) in [5.74, 6) is -20.3. The quantitative estimate of drug-likeness (QED) is 0.0319. The number of hydrogen-bond acceptors (Lipinski definition) is 23. The number of ketones is 1. The van der Waals surface area contributed by atoms with Crippen LogP contribution in [0.1, 0.15) is 133 Å². The average molecular weight is 1800 g/mol. The van der Waals surface area contributed by atoms with Gasteiger partial charge in [-0.15, -0.1) is 11.8 Å². The van der Waals surface area contributed by atoms with Crippen molar-refractivity contribution in [2.24, 2.45) is 28.9 Å². The molecular weight excluding hydrogens is 1680 g/mol. The van der Waals surface area contributed by atoms with Gasteiger partial charge in [0.2, 0.25) is 88.6 Å². The number of aliphatic carboxylic acids is 2. The van der Waals surface area contributed by atoms with E-state index in [4.69, 9.17) is 22.9 Å². The maximum Gasteiger partial charge on any atom is 0.305 e. The first-order valence-electron chi connectivity index (χ1n) is 43.1. The van der Waals surface area contributed by atoms with Gasteiger partial charge < -0.3 is 121 Å². The molecule has 14 atom stereocenters. The van der Waals surface area contributed by atoms with E-state index in [2.05, 4.69) is 57.8 Å². The molecule has 0 spiro atoms. The van der Waals surface area contributed by atoms with E-state index >= 15 is 24.0 Å². The summed E-state index contributed by atoms with van der Waals surface area (Å²) in [6.07, 6.45) is 1.89. The zero-order valence-electron chi connectivity index (χ0n) is 72.1. The van der Waals surface area contributed by atoms with Gasteiger partial charge in [-0.2, -0.15) is 0 Å². The smallest absolute Gasteiger partial charge is 0.305 e. The molecule has 15 amide bonds. The third-order valence-electron chi connectivity index (χ3n) is 23.6. The molecule has 0 unspecified atom stereocenters. The number of para-hydroxylation sites is 2. The number of carboxylic acids is 2. The molecule has 41 nitrogen and oxygen atoms in total. The molecular formula is C86H118N20O21S. The van der Waals surface area contributed by atoms with Crippen molar-refractivity contribution in [3.8, 4) is 5.75 Å². The number of nitrogens with one attached hydrogen (secondary N) is 11. The lowest BCUT2D eigenvalue weighted by Gasteiger charge is -2.36. The minimum Gasteiger partial charge on any atom is -0.508 e. The maximum atomic E-state index is 15.7. The number of carbonyl (C=O) groups is 18. The molecule has 4 aliphatic heterocycles. The van der Waals surface area contributed by atoms with Gasteiger partial charge in [0.25, 0.3) is 0 Å². The van der Waals surface area contributed by atoms with Crippen LogP contribution in [-0.2, 0) is 106 Å². The molecule has 2 aromatic heterocycles. The van der Waals surface area contributed by atoms with Crippen molar-refractivity contribution in [1.82, 2.24) is 82.3 Å². The molecule has 3 aromatic carbocycles. The highest BCUT2D eigenvalue weighted by atomic mass is 32.2. The summed E-state index contributed by atoms with van der Waals surface area (Å²) < 4.78 is 0. The van der Waals surface area contributed by atoms with Crippen molar-refractivity contribution in [3.63, 3.8) is 0 Å². The van der Waals surface area contributed by atoms with E-state index in [1.807, 2.05) is 13.8 Å². The number of H-pyrrole nitrogens is 2. The van der Waals surface area contributed by atoms with Crippen molar-refractivity contribution < 1.29 is 102 Å². The van der Waals surface area contributed by atoms with E-state index in [-0.39, 0.29) is 109 Å². The van der Waals surface area contributed by atoms with Crippen LogP contribution in [0.2, 0.25) is 0 Å². The first kappa shape index (κ1) is 99.2. The Morgan fingerprint density at radius 1 is 0.484 bits per heavy atom. The Labute approximate surface area is 742 Å². The summed E-state index contributed by atoms with van der Waals surface area (Å²) in [5.41, 5.74) is 26.8. The molecule has 0 aliphatic carbocycles. The second-order valence-corrected chi connectivity index (χ2v) is 33.7. The van der Waals surface area contributed by atoms with Gasteiger partial charge >= 0.3 is 11.9 Å². The van der Waals surface area contributed by atoms with Crippen molar-refractivity contribution in [2.45, 2.75) is 214 Å². The van der Waals surface area contributed by atoms with Crippen LogP contribution in [0.15, 0.2) is 85.2 Å². The number of phenolic OH excluding ortho intramolecular Hbond substituents is 1. The van der Waals surface area contributed by atoms with Gasteiger partial charge in [0, 0.05) is 118 Å². The Bertz CT molecular complexity index is 4870. The van der Waals surface area contributed by atoms with E-state index in [1.165, 1.54) is 43.3 Å². The number of thioether (sulfide) groups is 1. The van der Waals surface area contributed by atoms with Crippen molar-refractivity contribution in [2.75, 3.05) is 71.4 Å². The molecule has 0 bridgehead atoms. The number of amides is 15. The fourth-order valence-electron chi connectivity index (χ4n) is 16.6. The highest BCUT2D eigenvalue weighted by Gasteiger charge is 2.47. The molecule has 128 heavy (non-hydrogen) atoms. The fraction of sp³-hybridized carbons (Fsp3) is 0.535. The van der Waals surface area contributed by atoms with Gasteiger partial charge in [-0.1, -0.05) is 88.1 Å². The van der Waals surface area contributed by atoms with Crippen LogP contribution in [0.3, 0.4) is 0 Å². The SMILES string of the molecule is CCCC[C@H]1C(=O)N(C)[C@@H](CCCC)C(=O)N[C@@H](CN)C(=O)N[C@H](C(=O)NCC(N)=O)CSCC(=O)N[C@@H](Cc2ccc(O)cc2)C(=O)N2CCC[C@H]2C(=O)N[C@@H](CC(=O)O)C(=O)N2CCC[C@H]2C(=O)N[C@@H](CN)C(=O)N[C@@H](CC(=O)O)C(=O)N2CCC[C@H]2C(=O)N[C@@H](Cc2c[nH]c3ccccc23)C(=O)C[C@@H](CCN)C(=O)N[C@@H](Cc2c[nH]c3ccccc23)C(=O)N1C. The van der Waals surface area contributed by atoms with Crippen LogP contribution in [0.5, 0.6) is 5.75 Å². The molecule has 4 fully saturated rings. The molecule has 22 N–H and O–H groups in total. The van der Waals surface area contributed by atoms with E-state index in [0.717, 1.165) is 31.4 Å². The molecule has 9 rings (SSSR count). The number of aromatic hydroxyl groups is 1. The monoisotopic (exact) mass is 1800 g/mol. The number of benzene rings is 3. The Balaban J connectivity index is 1.07. The first-order valence-corrected chi connectivity index (χ1v) is 44.3. The number of nitrogens with zero attached hydrogens (tertiary/aromatic N) is 5. The number of unbranched alkanes of at least 4 members (excludes halogenated alkanes) is 2. The molecule has 0 radical (unpaired) electrons. The van der Waals surface area contributed by atoms with Gasteiger partial charge in [-0.25, -0.2) is 0 Å². The minimum absolute atomic E-state index is 0.00505. The number of carbonyl (C=O) groups excluding carboxylic acids is 16. The number of hydrogen-bond donors (Lipinski definition) is 18. The average Bonchev–Trinajstić information content (AvgIpc) is 1.57. The molecule has 4 saturated heterocycles. The Kier molecular flexibility index (Phi) is 36.7. The molecule has 42 heteroatoms. The number of rotatable bonds is 23. The predicted molar refractivity (Wildman–Crippen MR) is 467 cm³/mol. The molecule has 0 saturated carbocycles. The number of primary amides is 1. The summed E-state index contributed by atoms with van der Waals surface area (Å²) in [5, 5.41) is 55.1. The van der Waals surface area contributed by atoms with Crippen LogP contribution in [0.4, 0.5) is 0 Å². The number of aromatic amines is 2. The van der Waals surface area contributed by atoms with E-state index in [0.29, 0.717) is 64.2 Å². The van der Waals surface area contributed by atoms with Gasteiger partial charge in [0.05, 0.1) is 31.2 Å². The lowest BCUT2D eigenvalue weighted by Crippen LogP contribution is -2.61. The molecule has 694 valence electrons. The topological polar surface area (TPSA) is 628 Å². The molecule has 6 heterocycles. The summed E-state index contributed by atoms with van der Waals surface area (Å²) in [7, 11) is 2.73. The lowest BCUT2D eigenvalue weighted by molar-refractivity contribution is -0.149. The summed E-state index contributed by atoms with van der Waals surface area (Å²) in [6.45, 7) is 1.09. The van der Waals surface area contributed by atoms with Gasteiger partial charge in [-0.05, 0) is 105 Å². The van der Waals surface area contributed by atoms with Gasteiger partial charge in [0.1, 0.15) is 78.3 Å². The largest absolute Gasteiger partial charge is 0.508 e. The number of aromatic nitrogens is 2. The standard InChI is InChI=1S/C86H118N20O21S/c1-5-7-20-64-78(119)99-62(41-89)77(118)101-63(75(116)93-44-70(90)109)45-128-46-71(110)94-57(34-47-25-27-51(107)28-26-47)83(124)104-31-14-23-66(104)80(121)98-60(39-73(113)114)85(126)106-33-15-24-67(106)81(122)100-61(40-88)76(117)97-59(38-72(111)112)84(125)105-32-13-22-65(105)79(120)95-56(35-49-42-91-54-18-11-9-16-52(49)54)69(108)37-48(29-30-87)74(115)96-58(36-50-43-92-55-19-12-10-17-53(50)55)82(123)103(4)68(21-8-6-2)86(127)102(64)3/h9-12,16-19,25-28,42-43,48,56-68,91-92,107H,5-8,13-15,20-24,29-41,44-46,87-89H2,1-4H3,(H2,90,109)(H,93,116)(H,94,110)(H,95,120)(H,96,115)(H,97,117)(H,98,121)(H,99,119)(H,100,122)(H,101,118)(H,111,112)(H,113,114)/t48-,56+,57+,58+,59+,60+,61+,62+,63+,64+,65+,66+,67+,68+/m1/s1. The number of fused-ring (bicyclic) bond motifs is 5. The third-order valence-corrected chi connectivity index (χ3v) is 24.6. The van der Waals surface area contributed by atoms with Crippen LogP contribution >= 0.6 is 11.8 Å². The number of carboxylic acid groups (broad SMARTS) is 2. The van der Waals surface area contributed by atoms with Crippen LogP contribution in [-0.4, -0.2) is 306 Å². The van der Waals surface area contributed by atoms with Gasteiger partial charge in [0.15, 0.2) is 5.78 Å². The zero-order chi connectivity index (χ0) is 93.2. The Hall–Kier alpha value is -12.6. The number of phenols is 1. The van der Waals surface area contributed by atoms with E-state index < -0.39 is 241 Å². The first-order chi connectivity index (χ1) is 61.2. The second-order valence-electron chi connectivity index (χ2n) is 32.6. The van der Waals surface area contributed by atoms with Crippen molar-refractivity contribution >= 4 is 140 Å².